The van der Waals surface area contributed by atoms with Crippen molar-refractivity contribution in [2.24, 2.45) is 0 Å². The lowest BCUT2D eigenvalue weighted by atomic mass is 10.2. The van der Waals surface area contributed by atoms with Crippen LogP contribution in [0.15, 0.2) is 42.7 Å². The maximum absolute atomic E-state index is 11.5. The van der Waals surface area contributed by atoms with E-state index in [1.807, 2.05) is 35.0 Å². The van der Waals surface area contributed by atoms with Crippen molar-refractivity contribution >= 4 is 11.8 Å². The predicted molar refractivity (Wildman–Crippen MR) is 94.7 cm³/mol. The highest BCUT2D eigenvalue weighted by molar-refractivity contribution is 5.86. The fourth-order valence-electron chi connectivity index (χ4n) is 2.93. The number of carbonyl (C=O) groups excluding carboxylic acids is 1. The van der Waals surface area contributed by atoms with E-state index in [0.717, 1.165) is 49.1 Å². The van der Waals surface area contributed by atoms with E-state index < -0.39 is 5.97 Å². The third-order valence-corrected chi connectivity index (χ3v) is 4.32. The summed E-state index contributed by atoms with van der Waals surface area (Å²) in [5, 5.41) is 4.64. The Morgan fingerprint density at radius 3 is 2.65 bits per heavy atom. The second-order valence-corrected chi connectivity index (χ2v) is 5.93. The summed E-state index contributed by atoms with van der Waals surface area (Å²) in [6, 6.07) is 9.98. The minimum absolute atomic E-state index is 0.202. The average Bonchev–Trinajstić information content (AvgIpc) is 3.01. The van der Waals surface area contributed by atoms with Crippen molar-refractivity contribution in [2.45, 2.75) is 13.0 Å². The zero-order valence-corrected chi connectivity index (χ0v) is 14.4. The number of rotatable bonds is 3. The van der Waals surface area contributed by atoms with Gasteiger partial charge in [-0.15, -0.1) is 0 Å². The first-order valence-corrected chi connectivity index (χ1v) is 8.39. The van der Waals surface area contributed by atoms with Gasteiger partial charge in [0.1, 0.15) is 11.6 Å². The van der Waals surface area contributed by atoms with Gasteiger partial charge in [0.15, 0.2) is 11.5 Å². The van der Waals surface area contributed by atoms with Gasteiger partial charge >= 0.3 is 5.97 Å². The molecular formula is C18H18N6O2. The molecule has 132 valence electrons. The normalized spacial score (nSPS) is 13.8. The number of esters is 1. The number of hydrogen-bond donors (Lipinski definition) is 0. The molecule has 8 heteroatoms. The average molecular weight is 350 g/mol. The van der Waals surface area contributed by atoms with Crippen LogP contribution in [0.3, 0.4) is 0 Å². The van der Waals surface area contributed by atoms with Crippen molar-refractivity contribution in [1.82, 2.24) is 24.7 Å². The molecule has 3 aromatic rings. The third kappa shape index (κ3) is 3.13. The standard InChI is InChI=1S/C18H18N6O2/c1-26-18(25)14-11-20-16(12-19-14)23-8-7-15-21-17(22-24(15)10-9-23)13-5-3-2-4-6-13/h2-6,11-12H,7-10H2,1H3. The third-order valence-electron chi connectivity index (χ3n) is 4.32. The van der Waals surface area contributed by atoms with Crippen LogP contribution in [0.2, 0.25) is 0 Å². The van der Waals surface area contributed by atoms with Crippen molar-refractivity contribution < 1.29 is 9.53 Å². The largest absolute Gasteiger partial charge is 0.464 e. The van der Waals surface area contributed by atoms with E-state index >= 15 is 0 Å². The van der Waals surface area contributed by atoms with E-state index in [1.165, 1.54) is 13.3 Å². The highest BCUT2D eigenvalue weighted by Crippen LogP contribution is 2.18. The minimum atomic E-state index is -0.488. The number of nitrogens with zero attached hydrogens (tertiary/aromatic N) is 6. The van der Waals surface area contributed by atoms with E-state index in [2.05, 4.69) is 29.7 Å². The highest BCUT2D eigenvalue weighted by Gasteiger charge is 2.19. The lowest BCUT2D eigenvalue weighted by Crippen LogP contribution is -2.28. The summed E-state index contributed by atoms with van der Waals surface area (Å²) in [7, 11) is 1.32. The molecule has 0 N–H and O–H groups in total. The van der Waals surface area contributed by atoms with Crippen LogP contribution in [0, 0.1) is 0 Å². The molecule has 1 aromatic carbocycles. The van der Waals surface area contributed by atoms with Crippen molar-refractivity contribution in [3.05, 3.63) is 54.2 Å². The molecule has 0 atom stereocenters. The van der Waals surface area contributed by atoms with E-state index in [-0.39, 0.29) is 5.69 Å². The summed E-state index contributed by atoms with van der Waals surface area (Å²) in [5.74, 6) is 1.96. The molecule has 0 spiro atoms. The quantitative estimate of drug-likeness (QED) is 0.663. The molecule has 0 fully saturated rings. The number of fused-ring (bicyclic) bond motifs is 1. The summed E-state index contributed by atoms with van der Waals surface area (Å²) in [5.41, 5.74) is 1.22. The summed E-state index contributed by atoms with van der Waals surface area (Å²) in [6.07, 6.45) is 3.81. The number of ether oxygens (including phenoxy) is 1. The molecular weight excluding hydrogens is 332 g/mol. The van der Waals surface area contributed by atoms with Gasteiger partial charge in [0.25, 0.3) is 0 Å². The molecule has 2 aromatic heterocycles. The summed E-state index contributed by atoms with van der Waals surface area (Å²) >= 11 is 0. The van der Waals surface area contributed by atoms with Crippen LogP contribution >= 0.6 is 0 Å². The number of aromatic nitrogens is 5. The summed E-state index contributed by atoms with van der Waals surface area (Å²) < 4.78 is 6.60. The van der Waals surface area contributed by atoms with Crippen molar-refractivity contribution in [1.29, 1.82) is 0 Å². The van der Waals surface area contributed by atoms with Crippen LogP contribution in [-0.2, 0) is 17.7 Å². The molecule has 0 unspecified atom stereocenters. The summed E-state index contributed by atoms with van der Waals surface area (Å²) in [6.45, 7) is 2.23. The highest BCUT2D eigenvalue weighted by atomic mass is 16.5. The Labute approximate surface area is 150 Å². The van der Waals surface area contributed by atoms with Gasteiger partial charge in [-0.05, 0) is 0 Å². The smallest absolute Gasteiger partial charge is 0.358 e. The number of carbonyl (C=O) groups is 1. The van der Waals surface area contributed by atoms with Crippen molar-refractivity contribution in [3.63, 3.8) is 0 Å². The van der Waals surface area contributed by atoms with E-state index in [9.17, 15) is 4.79 Å². The van der Waals surface area contributed by atoms with Gasteiger partial charge in [0.05, 0.1) is 26.0 Å². The first kappa shape index (κ1) is 16.2. The van der Waals surface area contributed by atoms with Crippen LogP contribution in [0.1, 0.15) is 16.3 Å². The molecule has 3 heterocycles. The van der Waals surface area contributed by atoms with Gasteiger partial charge in [0, 0.05) is 25.1 Å². The van der Waals surface area contributed by atoms with E-state index in [1.54, 1.807) is 6.20 Å². The van der Waals surface area contributed by atoms with Crippen LogP contribution < -0.4 is 4.90 Å². The first-order chi connectivity index (χ1) is 12.7. The van der Waals surface area contributed by atoms with Gasteiger partial charge in [-0.2, -0.15) is 5.10 Å². The SMILES string of the molecule is COC(=O)c1cnc(N2CCc3nc(-c4ccccc4)nn3CC2)cn1. The van der Waals surface area contributed by atoms with E-state index in [0.29, 0.717) is 0 Å². The molecule has 0 radical (unpaired) electrons. The molecule has 0 aliphatic carbocycles. The van der Waals surface area contributed by atoms with Crippen molar-refractivity contribution in [3.8, 4) is 11.4 Å². The lowest BCUT2D eigenvalue weighted by Gasteiger charge is -2.20. The molecule has 0 saturated carbocycles. The molecule has 0 amide bonds. The lowest BCUT2D eigenvalue weighted by molar-refractivity contribution is 0.0593. The monoisotopic (exact) mass is 350 g/mol. The Morgan fingerprint density at radius 1 is 1.08 bits per heavy atom. The Morgan fingerprint density at radius 2 is 1.92 bits per heavy atom. The zero-order chi connectivity index (χ0) is 17.9. The van der Waals surface area contributed by atoms with Gasteiger partial charge in [-0.25, -0.2) is 24.4 Å². The molecule has 0 bridgehead atoms. The Balaban J connectivity index is 1.49. The van der Waals surface area contributed by atoms with Gasteiger partial charge in [-0.3, -0.25) is 0 Å². The maximum atomic E-state index is 11.5. The van der Waals surface area contributed by atoms with Crippen LogP contribution in [-0.4, -0.2) is 50.9 Å². The fourth-order valence-corrected chi connectivity index (χ4v) is 2.93. The topological polar surface area (TPSA) is 86.0 Å². The molecule has 0 saturated heterocycles. The molecule has 1 aliphatic rings. The van der Waals surface area contributed by atoms with Gasteiger partial charge in [-0.1, -0.05) is 30.3 Å². The number of anilines is 1. The van der Waals surface area contributed by atoms with Gasteiger partial charge < -0.3 is 9.64 Å². The Hall–Kier alpha value is -3.29. The molecule has 8 nitrogen and oxygen atoms in total. The predicted octanol–water partition coefficient (Wildman–Crippen LogP) is 1.58. The second kappa shape index (κ2) is 6.91. The minimum Gasteiger partial charge on any atom is -0.464 e. The number of hydrogen-bond acceptors (Lipinski definition) is 7. The van der Waals surface area contributed by atoms with Crippen molar-refractivity contribution in [2.75, 3.05) is 25.1 Å². The van der Waals surface area contributed by atoms with Crippen LogP contribution in [0.5, 0.6) is 0 Å². The summed E-state index contributed by atoms with van der Waals surface area (Å²) in [4.78, 5) is 26.7. The Kier molecular flexibility index (Phi) is 4.30. The first-order valence-electron chi connectivity index (χ1n) is 8.39. The number of benzene rings is 1. The van der Waals surface area contributed by atoms with Crippen LogP contribution in [0.25, 0.3) is 11.4 Å². The molecule has 4 rings (SSSR count). The fraction of sp³-hybridized carbons (Fsp3) is 0.278. The van der Waals surface area contributed by atoms with E-state index in [4.69, 9.17) is 0 Å². The maximum Gasteiger partial charge on any atom is 0.358 e. The molecule has 26 heavy (non-hydrogen) atoms. The zero-order valence-electron chi connectivity index (χ0n) is 14.4. The number of methoxy groups -OCH3 is 1. The van der Waals surface area contributed by atoms with Gasteiger partial charge in [0.2, 0.25) is 0 Å². The Bertz CT molecular complexity index is 882. The molecule has 1 aliphatic heterocycles. The van der Waals surface area contributed by atoms with Crippen LogP contribution in [0.4, 0.5) is 5.82 Å². The second-order valence-electron chi connectivity index (χ2n) is 5.93.